The van der Waals surface area contributed by atoms with Gasteiger partial charge in [0.1, 0.15) is 0 Å². The summed E-state index contributed by atoms with van der Waals surface area (Å²) in [5.74, 6) is 0. The molecule has 0 saturated carbocycles. The van der Waals surface area contributed by atoms with E-state index in [2.05, 4.69) is 364 Å². The van der Waals surface area contributed by atoms with Crippen molar-refractivity contribution in [2.45, 2.75) is 0 Å². The quantitative estimate of drug-likeness (QED) is 0.125. The lowest BCUT2D eigenvalue weighted by Gasteiger charge is -2.12. The molecule has 8 heteroatoms. The van der Waals surface area contributed by atoms with E-state index in [1.54, 1.807) is 0 Å². The number of rotatable bonds is 10. The zero-order valence-electron chi connectivity index (χ0n) is 62.7. The summed E-state index contributed by atoms with van der Waals surface area (Å²) in [7, 11) is 0. The number of pyridine rings is 8. The van der Waals surface area contributed by atoms with Crippen LogP contribution in [-0.4, -0.2) is 39.9 Å². The molecule has 0 unspecified atom stereocenters. The molecule has 0 aliphatic heterocycles. The van der Waals surface area contributed by atoms with E-state index < -0.39 is 0 Å². The topological polar surface area (TPSA) is 103 Å². The summed E-state index contributed by atoms with van der Waals surface area (Å²) in [5.41, 5.74) is 27.9. The summed E-state index contributed by atoms with van der Waals surface area (Å²) in [6.45, 7) is 0. The Labute approximate surface area is 667 Å². The SMILES string of the molecule is c1ccc(-c2ccc3ccc4ccc(-c5ccc(-c6ccc7ccc(-c8ccc9ccc(-c%10cc%11ccccc%11c%11ccccc%10%11)cc9n8)cc7n6)cc5)nc4c3n2)cc1.c1ccc(-c2ccc3ccc4ccc(-c5ccc(-c6ccc7ccc(-c8ccc9ccc(-c%10ccc%11ccccc%11c%10)cc9n8)cc7n6)cc5)nc4c3n2)cc1. The number of fused-ring (bicyclic) bond motifs is 14. The van der Waals surface area contributed by atoms with Gasteiger partial charge in [0, 0.05) is 87.6 Å². The molecule has 0 radical (unpaired) electrons. The minimum atomic E-state index is 0.902. The number of hydrogen-bond donors (Lipinski definition) is 0. The molecule has 0 aliphatic rings. The maximum atomic E-state index is 5.22. The summed E-state index contributed by atoms with van der Waals surface area (Å²) in [6, 6.07) is 141. The van der Waals surface area contributed by atoms with Gasteiger partial charge in [0.15, 0.2) is 0 Å². The van der Waals surface area contributed by atoms with Crippen LogP contribution in [0.5, 0.6) is 0 Å². The second-order valence-corrected chi connectivity index (χ2v) is 29.8. The molecular weight excluding hydrogens is 1410 g/mol. The Morgan fingerprint density at radius 1 is 0.121 bits per heavy atom. The van der Waals surface area contributed by atoms with Gasteiger partial charge in [-0.2, -0.15) is 0 Å². The molecule has 0 atom stereocenters. The van der Waals surface area contributed by atoms with Gasteiger partial charge in [-0.3, -0.25) is 0 Å². The van der Waals surface area contributed by atoms with E-state index in [4.69, 9.17) is 39.9 Å². The molecule has 23 aromatic rings. The zero-order chi connectivity index (χ0) is 76.6. The third-order valence-corrected chi connectivity index (χ3v) is 22.7. The summed E-state index contributed by atoms with van der Waals surface area (Å²) in [6.07, 6.45) is 0. The number of aromatic nitrogens is 8. The highest BCUT2D eigenvalue weighted by atomic mass is 14.8. The predicted octanol–water partition coefficient (Wildman–Crippen LogP) is 27.9. The van der Waals surface area contributed by atoms with Gasteiger partial charge in [-0.15, -0.1) is 0 Å². The molecule has 8 heterocycles. The largest absolute Gasteiger partial charge is 0.248 e. The number of hydrogen-bond acceptors (Lipinski definition) is 8. The van der Waals surface area contributed by atoms with Crippen molar-refractivity contribution < 1.29 is 0 Å². The van der Waals surface area contributed by atoms with E-state index in [9.17, 15) is 0 Å². The average Bonchev–Trinajstić information content (AvgIpc) is 0.769. The molecule has 0 N–H and O–H groups in total. The fourth-order valence-corrected chi connectivity index (χ4v) is 16.5. The summed E-state index contributed by atoms with van der Waals surface area (Å²) < 4.78 is 0. The minimum Gasteiger partial charge on any atom is -0.248 e. The van der Waals surface area contributed by atoms with E-state index in [0.717, 1.165) is 188 Å². The van der Waals surface area contributed by atoms with Gasteiger partial charge in [0.25, 0.3) is 0 Å². The molecule has 0 saturated heterocycles. The normalized spacial score (nSPS) is 11.6. The Kier molecular flexibility index (Phi) is 16.4. The predicted molar refractivity (Wildman–Crippen MR) is 482 cm³/mol. The van der Waals surface area contributed by atoms with Crippen LogP contribution in [0, 0.1) is 0 Å². The third-order valence-electron chi connectivity index (χ3n) is 22.7. The molecule has 8 aromatic heterocycles. The van der Waals surface area contributed by atoms with Crippen LogP contribution >= 0.6 is 0 Å². The lowest BCUT2D eigenvalue weighted by molar-refractivity contribution is 1.36. The second kappa shape index (κ2) is 28.3. The molecule has 0 fully saturated rings. The Morgan fingerprint density at radius 2 is 0.371 bits per heavy atom. The number of benzene rings is 15. The van der Waals surface area contributed by atoms with Crippen molar-refractivity contribution in [2.75, 3.05) is 0 Å². The van der Waals surface area contributed by atoms with Gasteiger partial charge in [0.2, 0.25) is 0 Å². The van der Waals surface area contributed by atoms with Crippen molar-refractivity contribution >= 4 is 120 Å². The van der Waals surface area contributed by atoms with Crippen molar-refractivity contribution in [3.05, 3.63) is 400 Å². The molecule has 0 spiro atoms. The second-order valence-electron chi connectivity index (χ2n) is 29.8. The van der Waals surface area contributed by atoms with Crippen molar-refractivity contribution in [1.82, 2.24) is 39.9 Å². The van der Waals surface area contributed by atoms with Crippen LogP contribution in [0.2, 0.25) is 0 Å². The van der Waals surface area contributed by atoms with Crippen molar-refractivity contribution in [3.63, 3.8) is 0 Å². The van der Waals surface area contributed by atoms with E-state index in [0.29, 0.717) is 0 Å². The zero-order valence-corrected chi connectivity index (χ0v) is 62.7. The summed E-state index contributed by atoms with van der Waals surface area (Å²) >= 11 is 0. The van der Waals surface area contributed by atoms with Crippen LogP contribution in [0.3, 0.4) is 0 Å². The Bertz CT molecular complexity index is 7890. The van der Waals surface area contributed by atoms with Gasteiger partial charge in [0.05, 0.1) is 89.7 Å². The Balaban J connectivity index is 0.000000141. The maximum absolute atomic E-state index is 5.22. The highest BCUT2D eigenvalue weighted by Gasteiger charge is 2.17. The third kappa shape index (κ3) is 12.6. The van der Waals surface area contributed by atoms with Crippen molar-refractivity contribution in [3.8, 4) is 112 Å². The number of nitrogens with zero attached hydrogens (tertiary/aromatic N) is 8. The van der Waals surface area contributed by atoms with Gasteiger partial charge in [-0.1, -0.05) is 315 Å². The average molecular weight is 1480 g/mol. The van der Waals surface area contributed by atoms with Crippen LogP contribution in [0.25, 0.3) is 232 Å². The van der Waals surface area contributed by atoms with Crippen LogP contribution < -0.4 is 0 Å². The van der Waals surface area contributed by atoms with Gasteiger partial charge in [-0.05, 0) is 140 Å². The van der Waals surface area contributed by atoms with Crippen LogP contribution in [0.4, 0.5) is 0 Å². The monoisotopic (exact) mass is 1470 g/mol. The van der Waals surface area contributed by atoms with E-state index in [1.165, 1.54) is 43.4 Å². The summed E-state index contributed by atoms with van der Waals surface area (Å²) in [5, 5.41) is 16.2. The standard InChI is InChI=1S/C56H34N4.C52H32N4/c1-2-8-35(9-3-1)50-30-26-40-20-21-41-27-31-51(60-56(41)55(40)59-50)37-16-14-36(15-17-37)49-28-24-39-19-23-44(34-54(39)57-49)52-29-25-38-18-22-43(33-53(38)58-52)48-32-42-10-4-5-11-45(42)46-12-6-7-13-47(46)48;1-2-7-34(8-3-1)46-28-24-39-17-18-40-25-29-47(56-52(40)51(39)55-46)36-13-11-35(12-14-36)45-26-22-38-16-21-44(32-50(38)53-45)48-27-23-37-15-20-43(31-49(37)54-48)42-19-10-33-6-4-5-9-41(33)30-42/h1-34H;1-32H. The first-order valence-electron chi connectivity index (χ1n) is 39.1. The van der Waals surface area contributed by atoms with Crippen LogP contribution in [0.15, 0.2) is 400 Å². The molecule has 538 valence electrons. The van der Waals surface area contributed by atoms with Gasteiger partial charge >= 0.3 is 0 Å². The Hall–Kier alpha value is -15.6. The van der Waals surface area contributed by atoms with Gasteiger partial charge in [-0.25, -0.2) is 39.9 Å². The first-order valence-corrected chi connectivity index (χ1v) is 39.1. The van der Waals surface area contributed by atoms with Crippen molar-refractivity contribution in [1.29, 1.82) is 0 Å². The summed E-state index contributed by atoms with van der Waals surface area (Å²) in [4.78, 5) is 41.1. The lowest BCUT2D eigenvalue weighted by atomic mass is 9.93. The molecule has 15 aromatic carbocycles. The minimum absolute atomic E-state index is 0.902. The van der Waals surface area contributed by atoms with E-state index in [-0.39, 0.29) is 0 Å². The first-order chi connectivity index (χ1) is 57.4. The molecular formula is C108H66N8. The molecule has 23 rings (SSSR count). The molecule has 0 bridgehead atoms. The Morgan fingerprint density at radius 3 is 0.784 bits per heavy atom. The van der Waals surface area contributed by atoms with E-state index >= 15 is 0 Å². The molecule has 0 amide bonds. The molecule has 116 heavy (non-hydrogen) atoms. The van der Waals surface area contributed by atoms with Gasteiger partial charge < -0.3 is 0 Å². The highest BCUT2D eigenvalue weighted by molar-refractivity contribution is 6.14. The molecule has 0 aliphatic carbocycles. The van der Waals surface area contributed by atoms with Crippen LogP contribution in [-0.2, 0) is 0 Å². The highest BCUT2D eigenvalue weighted by Crippen LogP contribution is 2.40. The van der Waals surface area contributed by atoms with E-state index in [1.807, 2.05) is 36.4 Å². The lowest BCUT2D eigenvalue weighted by Crippen LogP contribution is -1.91. The smallest absolute Gasteiger partial charge is 0.0972 e. The first kappa shape index (κ1) is 67.3. The molecule has 8 nitrogen and oxygen atoms in total. The fourth-order valence-electron chi connectivity index (χ4n) is 16.5. The fraction of sp³-hybridized carbons (Fsp3) is 0. The maximum Gasteiger partial charge on any atom is 0.0972 e. The van der Waals surface area contributed by atoms with Crippen LogP contribution in [0.1, 0.15) is 0 Å². The van der Waals surface area contributed by atoms with Crippen molar-refractivity contribution in [2.24, 2.45) is 0 Å².